The number of benzene rings is 1. The van der Waals surface area contributed by atoms with Crippen molar-refractivity contribution in [2.45, 2.75) is 45.9 Å². The molecule has 0 aliphatic carbocycles. The molecule has 2 rings (SSSR count). The van der Waals surface area contributed by atoms with E-state index in [2.05, 4.69) is 49.2 Å². The van der Waals surface area contributed by atoms with Gasteiger partial charge in [0, 0.05) is 24.2 Å². The fraction of sp³-hybridized carbons (Fsp3) is 0.647. The fourth-order valence-electron chi connectivity index (χ4n) is 2.85. The summed E-state index contributed by atoms with van der Waals surface area (Å²) in [6.07, 6.45) is 0.167. The molecule has 118 valence electrons. The van der Waals surface area contributed by atoms with Gasteiger partial charge in [-0.1, -0.05) is 30.7 Å². The van der Waals surface area contributed by atoms with Gasteiger partial charge in [-0.15, -0.1) is 0 Å². The van der Waals surface area contributed by atoms with Crippen LogP contribution in [0.5, 0.6) is 0 Å². The van der Waals surface area contributed by atoms with Gasteiger partial charge in [0.05, 0.1) is 18.8 Å². The van der Waals surface area contributed by atoms with Gasteiger partial charge in [-0.25, -0.2) is 0 Å². The number of nitrogens with one attached hydrogen (secondary N) is 1. The van der Waals surface area contributed by atoms with Crippen LogP contribution in [0.25, 0.3) is 0 Å². The highest BCUT2D eigenvalue weighted by Gasteiger charge is 2.29. The van der Waals surface area contributed by atoms with Crippen LogP contribution in [0, 0.1) is 6.92 Å². The zero-order valence-electron chi connectivity index (χ0n) is 13.5. The Hall–Kier alpha value is -0.610. The maximum atomic E-state index is 6.30. The average Bonchev–Trinajstić information content (AvgIpc) is 2.48. The molecule has 0 saturated carbocycles. The summed E-state index contributed by atoms with van der Waals surface area (Å²) in [4.78, 5) is 2.48. The molecule has 0 amide bonds. The summed E-state index contributed by atoms with van der Waals surface area (Å²) in [5.74, 6) is 0. The van der Waals surface area contributed by atoms with E-state index in [1.807, 2.05) is 6.92 Å². The molecule has 1 aliphatic rings. The summed E-state index contributed by atoms with van der Waals surface area (Å²) in [7, 11) is 0. The van der Waals surface area contributed by atoms with E-state index >= 15 is 0 Å². The van der Waals surface area contributed by atoms with Gasteiger partial charge in [-0.2, -0.15) is 0 Å². The van der Waals surface area contributed by atoms with Gasteiger partial charge in [0.1, 0.15) is 0 Å². The van der Waals surface area contributed by atoms with Crippen molar-refractivity contribution in [3.8, 4) is 0 Å². The molecule has 1 fully saturated rings. The Morgan fingerprint density at radius 2 is 2.19 bits per heavy atom. The Morgan fingerprint density at radius 1 is 1.43 bits per heavy atom. The van der Waals surface area contributed by atoms with Gasteiger partial charge in [0.25, 0.3) is 0 Å². The lowest BCUT2D eigenvalue weighted by Gasteiger charge is -2.39. The van der Waals surface area contributed by atoms with Gasteiger partial charge >= 0.3 is 0 Å². The molecule has 0 bridgehead atoms. The zero-order valence-corrected chi connectivity index (χ0v) is 14.3. The van der Waals surface area contributed by atoms with Crippen molar-refractivity contribution in [2.24, 2.45) is 0 Å². The molecule has 1 aliphatic heterocycles. The number of likely N-dealkylation sites (N-methyl/N-ethyl adjacent to an activating group) is 1. The summed E-state index contributed by atoms with van der Waals surface area (Å²) >= 11 is 6.30. The fourth-order valence-corrected chi connectivity index (χ4v) is 3.04. The minimum absolute atomic E-state index is 0.167. The van der Waals surface area contributed by atoms with Gasteiger partial charge in [0.2, 0.25) is 0 Å². The van der Waals surface area contributed by atoms with Crippen LogP contribution in [0.3, 0.4) is 0 Å². The zero-order chi connectivity index (χ0) is 15.4. The van der Waals surface area contributed by atoms with Crippen LogP contribution >= 0.6 is 11.6 Å². The molecule has 21 heavy (non-hydrogen) atoms. The van der Waals surface area contributed by atoms with E-state index in [0.29, 0.717) is 6.04 Å². The van der Waals surface area contributed by atoms with Gasteiger partial charge in [0.15, 0.2) is 0 Å². The van der Waals surface area contributed by atoms with Crippen LogP contribution in [-0.4, -0.2) is 43.3 Å². The third-order valence-electron chi connectivity index (χ3n) is 4.21. The number of halogens is 1. The molecular formula is C17H27ClN2O. The quantitative estimate of drug-likeness (QED) is 0.902. The molecule has 0 radical (unpaired) electrons. The van der Waals surface area contributed by atoms with Crippen molar-refractivity contribution in [3.05, 3.63) is 34.3 Å². The number of nitrogens with zero attached hydrogens (tertiary/aromatic N) is 1. The molecule has 1 aromatic rings. The Labute approximate surface area is 133 Å². The molecule has 1 saturated heterocycles. The number of hydrogen-bond donors (Lipinski definition) is 1. The second kappa shape index (κ2) is 7.59. The van der Waals surface area contributed by atoms with Gasteiger partial charge in [-0.05, 0) is 44.5 Å². The Morgan fingerprint density at radius 3 is 2.81 bits per heavy atom. The van der Waals surface area contributed by atoms with Crippen molar-refractivity contribution < 1.29 is 4.74 Å². The second-order valence-corrected chi connectivity index (χ2v) is 6.45. The molecule has 2 unspecified atom stereocenters. The van der Waals surface area contributed by atoms with Crippen molar-refractivity contribution in [3.63, 3.8) is 0 Å². The van der Waals surface area contributed by atoms with Crippen LogP contribution in [-0.2, 0) is 4.74 Å². The van der Waals surface area contributed by atoms with Crippen LogP contribution in [0.15, 0.2) is 18.2 Å². The number of ether oxygens (including phenoxy) is 1. The minimum atomic E-state index is 0.167. The molecule has 1 heterocycles. The standard InChI is InChI=1S/C17H27ClN2O/c1-5-19-17(14-7-6-13(4)15(18)10-14)16-11-20(12(2)3)8-9-21-16/h6-7,10,12,16-17,19H,5,8-9,11H2,1-4H3. The number of rotatable bonds is 5. The lowest BCUT2D eigenvalue weighted by atomic mass is 9.98. The summed E-state index contributed by atoms with van der Waals surface area (Å²) in [5.41, 5.74) is 2.33. The number of aryl methyl sites for hydroxylation is 1. The predicted octanol–water partition coefficient (Wildman–Crippen LogP) is 3.41. The Bertz CT molecular complexity index is 464. The Kier molecular flexibility index (Phi) is 6.06. The molecule has 4 heteroatoms. The number of morpholine rings is 1. The maximum absolute atomic E-state index is 6.30. The number of hydrogen-bond acceptors (Lipinski definition) is 3. The summed E-state index contributed by atoms with van der Waals surface area (Å²) in [5, 5.41) is 4.39. The summed E-state index contributed by atoms with van der Waals surface area (Å²) in [6.45, 7) is 12.3. The van der Waals surface area contributed by atoms with Crippen LogP contribution in [0.2, 0.25) is 5.02 Å². The average molecular weight is 311 g/mol. The van der Waals surface area contributed by atoms with E-state index in [0.717, 1.165) is 36.8 Å². The maximum Gasteiger partial charge on any atom is 0.0897 e. The Balaban J connectivity index is 2.19. The van der Waals surface area contributed by atoms with Crippen LogP contribution in [0.4, 0.5) is 0 Å². The molecule has 1 N–H and O–H groups in total. The molecule has 0 spiro atoms. The summed E-state index contributed by atoms with van der Waals surface area (Å²) in [6, 6.07) is 7.06. The second-order valence-electron chi connectivity index (χ2n) is 6.04. The van der Waals surface area contributed by atoms with E-state index in [1.165, 1.54) is 5.56 Å². The van der Waals surface area contributed by atoms with Crippen molar-refractivity contribution >= 4 is 11.6 Å². The lowest BCUT2D eigenvalue weighted by molar-refractivity contribution is -0.0558. The smallest absolute Gasteiger partial charge is 0.0897 e. The monoisotopic (exact) mass is 310 g/mol. The molecule has 2 atom stereocenters. The van der Waals surface area contributed by atoms with E-state index in [1.54, 1.807) is 0 Å². The first-order valence-corrected chi connectivity index (χ1v) is 8.25. The largest absolute Gasteiger partial charge is 0.374 e. The minimum Gasteiger partial charge on any atom is -0.374 e. The molecule has 0 aromatic heterocycles. The summed E-state index contributed by atoms with van der Waals surface area (Å²) < 4.78 is 6.05. The van der Waals surface area contributed by atoms with Crippen molar-refractivity contribution in [2.75, 3.05) is 26.2 Å². The van der Waals surface area contributed by atoms with Gasteiger partial charge < -0.3 is 10.1 Å². The first-order valence-electron chi connectivity index (χ1n) is 7.88. The third-order valence-corrected chi connectivity index (χ3v) is 4.61. The third kappa shape index (κ3) is 4.19. The molecule has 1 aromatic carbocycles. The molecular weight excluding hydrogens is 284 g/mol. The highest BCUT2D eigenvalue weighted by atomic mass is 35.5. The van der Waals surface area contributed by atoms with Crippen LogP contribution in [0.1, 0.15) is 37.9 Å². The predicted molar refractivity (Wildman–Crippen MR) is 89.1 cm³/mol. The highest BCUT2D eigenvalue weighted by Crippen LogP contribution is 2.27. The van der Waals surface area contributed by atoms with E-state index < -0.39 is 0 Å². The van der Waals surface area contributed by atoms with Crippen LogP contribution < -0.4 is 5.32 Å². The highest BCUT2D eigenvalue weighted by molar-refractivity contribution is 6.31. The van der Waals surface area contributed by atoms with E-state index in [9.17, 15) is 0 Å². The molecule has 3 nitrogen and oxygen atoms in total. The first kappa shape index (κ1) is 16.8. The van der Waals surface area contributed by atoms with E-state index in [-0.39, 0.29) is 12.1 Å². The van der Waals surface area contributed by atoms with Crippen molar-refractivity contribution in [1.82, 2.24) is 10.2 Å². The SMILES string of the molecule is CCNC(c1ccc(C)c(Cl)c1)C1CN(C(C)C)CCO1. The van der Waals surface area contributed by atoms with Crippen molar-refractivity contribution in [1.29, 1.82) is 0 Å². The van der Waals surface area contributed by atoms with E-state index in [4.69, 9.17) is 16.3 Å². The lowest BCUT2D eigenvalue weighted by Crippen LogP contribution is -2.50. The topological polar surface area (TPSA) is 24.5 Å². The normalized spacial score (nSPS) is 21.7. The first-order chi connectivity index (χ1) is 10.0. The van der Waals surface area contributed by atoms with Gasteiger partial charge in [-0.3, -0.25) is 4.90 Å².